The lowest BCUT2D eigenvalue weighted by Gasteiger charge is -2.09. The molecule has 0 unspecified atom stereocenters. The second kappa shape index (κ2) is 4.28. The zero-order chi connectivity index (χ0) is 11.6. The molecule has 0 bridgehead atoms. The molecule has 82 valence electrons. The molecule has 0 aliphatic heterocycles. The van der Waals surface area contributed by atoms with Gasteiger partial charge in [-0.05, 0) is 12.1 Å². The molecule has 1 aromatic carbocycles. The Morgan fingerprint density at radius 3 is 2.33 bits per heavy atom. The first-order valence-corrected chi connectivity index (χ1v) is 4.36. The highest BCUT2D eigenvalue weighted by molar-refractivity contribution is 6.69. The maximum atomic E-state index is 12.3. The maximum absolute atomic E-state index is 12.3. The molecule has 0 amide bonds. The van der Waals surface area contributed by atoms with Gasteiger partial charge in [-0.3, -0.25) is 0 Å². The smallest absolute Gasteiger partial charge is 0.410 e. The highest BCUT2D eigenvalue weighted by Gasteiger charge is 2.33. The average molecular weight is 258 g/mol. The Labute approximate surface area is 92.9 Å². The SMILES string of the molecule is O/N=C(\Cl)c1ccc(C(F)(F)F)c(Cl)c1. The fourth-order valence-electron chi connectivity index (χ4n) is 0.931. The van der Waals surface area contributed by atoms with Crippen LogP contribution < -0.4 is 0 Å². The fourth-order valence-corrected chi connectivity index (χ4v) is 1.34. The summed E-state index contributed by atoms with van der Waals surface area (Å²) in [7, 11) is 0. The lowest BCUT2D eigenvalue weighted by Crippen LogP contribution is -2.06. The summed E-state index contributed by atoms with van der Waals surface area (Å²) in [6, 6.07) is 2.81. The lowest BCUT2D eigenvalue weighted by molar-refractivity contribution is -0.137. The Hall–Kier alpha value is -0.940. The molecule has 7 heteroatoms. The summed E-state index contributed by atoms with van der Waals surface area (Å²) in [5.41, 5.74) is -0.854. The van der Waals surface area contributed by atoms with Crippen molar-refractivity contribution in [3.05, 3.63) is 34.3 Å². The van der Waals surface area contributed by atoms with Crippen LogP contribution >= 0.6 is 23.2 Å². The van der Waals surface area contributed by atoms with Crippen LogP contribution in [0.25, 0.3) is 0 Å². The van der Waals surface area contributed by atoms with Crippen LogP contribution in [0.1, 0.15) is 11.1 Å². The van der Waals surface area contributed by atoms with E-state index in [0.717, 1.165) is 18.2 Å². The van der Waals surface area contributed by atoms with E-state index in [4.69, 9.17) is 28.4 Å². The molecule has 0 saturated heterocycles. The third kappa shape index (κ3) is 2.76. The van der Waals surface area contributed by atoms with Crippen LogP contribution in [0, 0.1) is 0 Å². The number of alkyl halides is 3. The fraction of sp³-hybridized carbons (Fsp3) is 0.125. The summed E-state index contributed by atoms with van der Waals surface area (Å²) in [6.07, 6.45) is -4.52. The molecule has 1 rings (SSSR count). The minimum atomic E-state index is -4.52. The second-order valence-corrected chi connectivity index (χ2v) is 3.35. The number of oxime groups is 1. The first kappa shape index (κ1) is 12.1. The number of halogens is 5. The Kier molecular flexibility index (Phi) is 3.46. The van der Waals surface area contributed by atoms with Crippen molar-refractivity contribution in [1.29, 1.82) is 0 Å². The van der Waals surface area contributed by atoms with Gasteiger partial charge in [0.15, 0.2) is 5.17 Å². The van der Waals surface area contributed by atoms with Gasteiger partial charge in [-0.2, -0.15) is 13.2 Å². The van der Waals surface area contributed by atoms with Crippen LogP contribution in [0.15, 0.2) is 23.4 Å². The Morgan fingerprint density at radius 1 is 1.33 bits per heavy atom. The number of rotatable bonds is 1. The minimum absolute atomic E-state index is 0.108. The average Bonchev–Trinajstić information content (AvgIpc) is 2.14. The Morgan fingerprint density at radius 2 is 1.93 bits per heavy atom. The van der Waals surface area contributed by atoms with Gasteiger partial charge in [-0.1, -0.05) is 34.4 Å². The van der Waals surface area contributed by atoms with Crippen molar-refractivity contribution in [1.82, 2.24) is 0 Å². The summed E-state index contributed by atoms with van der Waals surface area (Å²) in [4.78, 5) is 0. The molecular formula is C8H4Cl2F3NO. The summed E-state index contributed by atoms with van der Waals surface area (Å²) in [5, 5.41) is 10.1. The van der Waals surface area contributed by atoms with E-state index in [2.05, 4.69) is 5.16 Å². The van der Waals surface area contributed by atoms with Crippen LogP contribution in [-0.4, -0.2) is 10.4 Å². The summed E-state index contributed by atoms with van der Waals surface area (Å²) >= 11 is 10.8. The molecule has 0 aliphatic carbocycles. The first-order chi connectivity index (χ1) is 6.86. The Bertz CT molecular complexity index is 403. The van der Waals surface area contributed by atoms with Crippen molar-refractivity contribution in [3.63, 3.8) is 0 Å². The van der Waals surface area contributed by atoms with Gasteiger partial charge in [-0.15, -0.1) is 0 Å². The predicted octanol–water partition coefficient (Wildman–Crippen LogP) is 3.73. The van der Waals surface area contributed by atoms with Gasteiger partial charge < -0.3 is 5.21 Å². The van der Waals surface area contributed by atoms with E-state index in [1.807, 2.05) is 0 Å². The number of hydrogen-bond acceptors (Lipinski definition) is 2. The van der Waals surface area contributed by atoms with Gasteiger partial charge in [0, 0.05) is 5.56 Å². The molecule has 0 spiro atoms. The first-order valence-electron chi connectivity index (χ1n) is 3.61. The lowest BCUT2D eigenvalue weighted by atomic mass is 10.1. The molecule has 1 N–H and O–H groups in total. The zero-order valence-electron chi connectivity index (χ0n) is 7.02. The van der Waals surface area contributed by atoms with Gasteiger partial charge >= 0.3 is 6.18 Å². The molecule has 0 aromatic heterocycles. The molecule has 0 saturated carbocycles. The van der Waals surface area contributed by atoms with Gasteiger partial charge in [-0.25, -0.2) is 0 Å². The summed E-state index contributed by atoms with van der Waals surface area (Å²) < 4.78 is 36.8. The van der Waals surface area contributed by atoms with E-state index in [0.29, 0.717) is 0 Å². The van der Waals surface area contributed by atoms with E-state index in [9.17, 15) is 13.2 Å². The van der Waals surface area contributed by atoms with Crippen LogP contribution in [0.3, 0.4) is 0 Å². The van der Waals surface area contributed by atoms with Gasteiger partial charge in [0.05, 0.1) is 10.6 Å². The van der Waals surface area contributed by atoms with Crippen LogP contribution in [0.5, 0.6) is 0 Å². The number of hydrogen-bond donors (Lipinski definition) is 1. The van der Waals surface area contributed by atoms with E-state index in [1.165, 1.54) is 0 Å². The topological polar surface area (TPSA) is 32.6 Å². The van der Waals surface area contributed by atoms with Crippen molar-refractivity contribution in [2.24, 2.45) is 5.16 Å². The van der Waals surface area contributed by atoms with Crippen molar-refractivity contribution in [3.8, 4) is 0 Å². The maximum Gasteiger partial charge on any atom is 0.417 e. The highest BCUT2D eigenvalue weighted by Crippen LogP contribution is 2.35. The number of nitrogens with zero attached hydrogens (tertiary/aromatic N) is 1. The molecule has 0 aliphatic rings. The minimum Gasteiger partial charge on any atom is -0.410 e. The third-order valence-corrected chi connectivity index (χ3v) is 2.21. The van der Waals surface area contributed by atoms with Crippen LogP contribution in [0.2, 0.25) is 5.02 Å². The second-order valence-electron chi connectivity index (χ2n) is 2.58. The monoisotopic (exact) mass is 257 g/mol. The molecule has 2 nitrogen and oxygen atoms in total. The molecular weight excluding hydrogens is 254 g/mol. The summed E-state index contributed by atoms with van der Waals surface area (Å²) in [5.74, 6) is 0. The zero-order valence-corrected chi connectivity index (χ0v) is 8.53. The molecule has 1 aromatic rings. The largest absolute Gasteiger partial charge is 0.417 e. The highest BCUT2D eigenvalue weighted by atomic mass is 35.5. The molecule has 15 heavy (non-hydrogen) atoms. The van der Waals surface area contributed by atoms with Gasteiger partial charge in [0.1, 0.15) is 0 Å². The predicted molar refractivity (Wildman–Crippen MR) is 50.6 cm³/mol. The standard InChI is InChI=1S/C8H4Cl2F3NO/c9-6-3-4(7(10)14-15)1-2-5(6)8(11,12)13/h1-3,15H/b14-7-. The normalized spacial score (nSPS) is 13.0. The van der Waals surface area contributed by atoms with E-state index in [1.54, 1.807) is 0 Å². The van der Waals surface area contributed by atoms with Crippen molar-refractivity contribution in [2.75, 3.05) is 0 Å². The van der Waals surface area contributed by atoms with Crippen LogP contribution in [-0.2, 0) is 6.18 Å². The van der Waals surface area contributed by atoms with E-state index >= 15 is 0 Å². The molecule has 0 heterocycles. The van der Waals surface area contributed by atoms with Crippen molar-refractivity contribution < 1.29 is 18.4 Å². The molecule has 0 atom stereocenters. The van der Waals surface area contributed by atoms with Crippen LogP contribution in [0.4, 0.5) is 13.2 Å². The van der Waals surface area contributed by atoms with Crippen molar-refractivity contribution >= 4 is 28.4 Å². The Balaban J connectivity index is 3.21. The molecule has 0 radical (unpaired) electrons. The van der Waals surface area contributed by atoms with Crippen molar-refractivity contribution in [2.45, 2.75) is 6.18 Å². The van der Waals surface area contributed by atoms with Gasteiger partial charge in [0.2, 0.25) is 0 Å². The van der Waals surface area contributed by atoms with E-state index < -0.39 is 16.8 Å². The third-order valence-electron chi connectivity index (χ3n) is 1.60. The van der Waals surface area contributed by atoms with Gasteiger partial charge in [0.25, 0.3) is 0 Å². The molecule has 0 fully saturated rings. The summed E-state index contributed by atoms with van der Waals surface area (Å²) in [6.45, 7) is 0. The quantitative estimate of drug-likeness (QED) is 0.464. The van der Waals surface area contributed by atoms with E-state index in [-0.39, 0.29) is 10.7 Å². The number of benzene rings is 1.